The fourth-order valence-electron chi connectivity index (χ4n) is 3.46. The molecule has 1 saturated heterocycles. The number of hydrogen-bond donors (Lipinski definition) is 1. The minimum atomic E-state index is -3.73. The molecule has 162 valence electrons. The van der Waals surface area contributed by atoms with Crippen molar-refractivity contribution in [3.05, 3.63) is 64.4 Å². The minimum Gasteiger partial charge on any atom is -0.497 e. The average Bonchev–Trinajstić information content (AvgIpc) is 2.75. The normalized spacial score (nSPS) is 15.7. The molecule has 1 fully saturated rings. The molecule has 3 rings (SSSR count). The number of amides is 1. The Kier molecular flexibility index (Phi) is 7.33. The second-order valence-electron chi connectivity index (χ2n) is 7.20. The summed E-state index contributed by atoms with van der Waals surface area (Å²) < 4.78 is 45.8. The quantitative estimate of drug-likeness (QED) is 0.696. The number of rotatable bonds is 7. The zero-order chi connectivity index (χ0) is 21.7. The first kappa shape index (κ1) is 22.5. The molecule has 6 nitrogen and oxygen atoms in total. The maximum absolute atomic E-state index is 14.0. The van der Waals surface area contributed by atoms with Crippen molar-refractivity contribution in [3.63, 3.8) is 0 Å². The van der Waals surface area contributed by atoms with Crippen LogP contribution in [0.2, 0.25) is 5.02 Å². The van der Waals surface area contributed by atoms with Crippen LogP contribution >= 0.6 is 11.6 Å². The maximum atomic E-state index is 14.0. The Labute approximate surface area is 181 Å². The molecular weight excluding hydrogens is 431 g/mol. The predicted molar refractivity (Wildman–Crippen MR) is 113 cm³/mol. The number of benzene rings is 2. The van der Waals surface area contributed by atoms with Gasteiger partial charge in [-0.3, -0.25) is 4.79 Å². The monoisotopic (exact) mass is 454 g/mol. The summed E-state index contributed by atoms with van der Waals surface area (Å²) in [6.45, 7) is 0.803. The molecule has 0 aliphatic carbocycles. The van der Waals surface area contributed by atoms with Gasteiger partial charge in [0.1, 0.15) is 11.6 Å². The van der Waals surface area contributed by atoms with E-state index in [1.807, 2.05) is 24.3 Å². The highest BCUT2D eigenvalue weighted by molar-refractivity contribution is 7.88. The third-order valence-corrected chi connectivity index (χ3v) is 7.37. The van der Waals surface area contributed by atoms with E-state index >= 15 is 0 Å². The van der Waals surface area contributed by atoms with E-state index in [1.165, 1.54) is 22.5 Å². The van der Waals surface area contributed by atoms with Gasteiger partial charge in [0.25, 0.3) is 0 Å². The summed E-state index contributed by atoms with van der Waals surface area (Å²) in [5.41, 5.74) is 0.891. The standard InChI is InChI=1S/C21H24ClFN2O4S/c1-29-17-5-2-4-15(12-17)13-24-21(26)16-8-10-25(11-9-16)30(27,28)14-18-19(22)6-3-7-20(18)23/h2-7,12,16H,8-11,13-14H2,1H3,(H,24,26). The molecule has 2 aromatic rings. The summed E-state index contributed by atoms with van der Waals surface area (Å²) in [5.74, 6) is -0.787. The van der Waals surface area contributed by atoms with Crippen LogP contribution in [0.1, 0.15) is 24.0 Å². The lowest BCUT2D eigenvalue weighted by Gasteiger charge is -2.30. The van der Waals surface area contributed by atoms with Gasteiger partial charge in [0.15, 0.2) is 0 Å². The average molecular weight is 455 g/mol. The second kappa shape index (κ2) is 9.76. The number of methoxy groups -OCH3 is 1. The van der Waals surface area contributed by atoms with Crippen molar-refractivity contribution in [3.8, 4) is 5.75 Å². The minimum absolute atomic E-state index is 0.0303. The predicted octanol–water partition coefficient (Wildman–Crippen LogP) is 3.35. The van der Waals surface area contributed by atoms with Crippen LogP contribution in [0.25, 0.3) is 0 Å². The molecule has 1 aliphatic heterocycles. The Morgan fingerprint density at radius 3 is 2.60 bits per heavy atom. The first-order valence-electron chi connectivity index (χ1n) is 9.61. The molecular formula is C21H24ClFN2O4S. The Hall–Kier alpha value is -2.16. The summed E-state index contributed by atoms with van der Waals surface area (Å²) in [5, 5.41) is 2.99. The molecule has 0 spiro atoms. The molecule has 1 heterocycles. The van der Waals surface area contributed by atoms with Crippen molar-refractivity contribution in [2.45, 2.75) is 25.1 Å². The van der Waals surface area contributed by atoms with Crippen LogP contribution in [-0.4, -0.2) is 38.8 Å². The second-order valence-corrected chi connectivity index (χ2v) is 9.58. The topological polar surface area (TPSA) is 75.7 Å². The third-order valence-electron chi connectivity index (χ3n) is 5.21. The molecule has 2 aromatic carbocycles. The van der Waals surface area contributed by atoms with Gasteiger partial charge in [-0.2, -0.15) is 0 Å². The number of piperidine rings is 1. The SMILES string of the molecule is COc1cccc(CNC(=O)C2CCN(S(=O)(=O)Cc3c(F)cccc3Cl)CC2)c1. The van der Waals surface area contributed by atoms with E-state index in [4.69, 9.17) is 16.3 Å². The van der Waals surface area contributed by atoms with Crippen LogP contribution in [0.15, 0.2) is 42.5 Å². The van der Waals surface area contributed by atoms with Gasteiger partial charge in [-0.05, 0) is 42.7 Å². The Morgan fingerprint density at radius 1 is 1.23 bits per heavy atom. The molecule has 9 heteroatoms. The summed E-state index contributed by atoms with van der Waals surface area (Å²) in [7, 11) is -2.15. The fourth-order valence-corrected chi connectivity index (χ4v) is 5.37. The van der Waals surface area contributed by atoms with Gasteiger partial charge in [-0.1, -0.05) is 29.8 Å². The van der Waals surface area contributed by atoms with Crippen molar-refractivity contribution < 1.29 is 22.3 Å². The first-order chi connectivity index (χ1) is 14.3. The van der Waals surface area contributed by atoms with E-state index in [2.05, 4.69) is 5.32 Å². The Balaban J connectivity index is 1.54. The summed E-state index contributed by atoms with van der Waals surface area (Å²) in [4.78, 5) is 12.5. The van der Waals surface area contributed by atoms with Gasteiger partial charge in [0, 0.05) is 36.1 Å². The van der Waals surface area contributed by atoms with Gasteiger partial charge in [0.2, 0.25) is 15.9 Å². The zero-order valence-corrected chi connectivity index (χ0v) is 18.2. The number of ether oxygens (including phenoxy) is 1. The number of halogens is 2. The molecule has 0 saturated carbocycles. The fraction of sp³-hybridized carbons (Fsp3) is 0.381. The molecule has 1 aliphatic rings. The summed E-state index contributed by atoms with van der Waals surface area (Å²) in [6, 6.07) is 11.5. The van der Waals surface area contributed by atoms with Crippen LogP contribution < -0.4 is 10.1 Å². The number of hydrogen-bond acceptors (Lipinski definition) is 4. The summed E-state index contributed by atoms with van der Waals surface area (Å²) in [6.07, 6.45) is 0.822. The highest BCUT2D eigenvalue weighted by Gasteiger charge is 2.32. The lowest BCUT2D eigenvalue weighted by atomic mass is 9.97. The van der Waals surface area contributed by atoms with Crippen LogP contribution in [0.3, 0.4) is 0 Å². The highest BCUT2D eigenvalue weighted by atomic mass is 35.5. The lowest BCUT2D eigenvalue weighted by molar-refractivity contribution is -0.126. The smallest absolute Gasteiger partial charge is 0.223 e. The molecule has 1 N–H and O–H groups in total. The summed E-state index contributed by atoms with van der Waals surface area (Å²) >= 11 is 5.96. The zero-order valence-electron chi connectivity index (χ0n) is 16.6. The molecule has 0 atom stereocenters. The number of nitrogens with zero attached hydrogens (tertiary/aromatic N) is 1. The Morgan fingerprint density at radius 2 is 1.93 bits per heavy atom. The van der Waals surface area contributed by atoms with E-state index in [0.717, 1.165) is 11.3 Å². The van der Waals surface area contributed by atoms with Crippen LogP contribution in [0.4, 0.5) is 4.39 Å². The molecule has 0 radical (unpaired) electrons. The van der Waals surface area contributed by atoms with E-state index < -0.39 is 21.6 Å². The molecule has 0 aromatic heterocycles. The number of carbonyl (C=O) groups is 1. The maximum Gasteiger partial charge on any atom is 0.223 e. The van der Waals surface area contributed by atoms with Crippen LogP contribution in [-0.2, 0) is 27.1 Å². The Bertz CT molecular complexity index is 988. The van der Waals surface area contributed by atoms with Crippen molar-refractivity contribution in [2.24, 2.45) is 5.92 Å². The molecule has 30 heavy (non-hydrogen) atoms. The van der Waals surface area contributed by atoms with Gasteiger partial charge in [-0.25, -0.2) is 17.1 Å². The van der Waals surface area contributed by atoms with Crippen molar-refractivity contribution in [1.29, 1.82) is 0 Å². The van der Waals surface area contributed by atoms with Gasteiger partial charge in [-0.15, -0.1) is 0 Å². The number of sulfonamides is 1. The highest BCUT2D eigenvalue weighted by Crippen LogP contribution is 2.26. The van der Waals surface area contributed by atoms with Crippen molar-refractivity contribution in [1.82, 2.24) is 9.62 Å². The van der Waals surface area contributed by atoms with Crippen LogP contribution in [0, 0.1) is 11.7 Å². The molecule has 0 bridgehead atoms. The van der Waals surface area contributed by atoms with E-state index in [-0.39, 0.29) is 35.5 Å². The van der Waals surface area contributed by atoms with Crippen molar-refractivity contribution >= 4 is 27.5 Å². The number of carbonyl (C=O) groups excluding carboxylic acids is 1. The van der Waals surface area contributed by atoms with Crippen LogP contribution in [0.5, 0.6) is 5.75 Å². The van der Waals surface area contributed by atoms with E-state index in [1.54, 1.807) is 7.11 Å². The largest absolute Gasteiger partial charge is 0.497 e. The van der Waals surface area contributed by atoms with Gasteiger partial charge in [0.05, 0.1) is 12.9 Å². The van der Waals surface area contributed by atoms with Gasteiger partial charge >= 0.3 is 0 Å². The third kappa shape index (κ3) is 5.50. The number of nitrogens with one attached hydrogen (secondary N) is 1. The van der Waals surface area contributed by atoms with Crippen molar-refractivity contribution in [2.75, 3.05) is 20.2 Å². The first-order valence-corrected chi connectivity index (χ1v) is 11.6. The van der Waals surface area contributed by atoms with E-state index in [9.17, 15) is 17.6 Å². The molecule has 0 unspecified atom stereocenters. The molecule has 1 amide bonds. The lowest BCUT2D eigenvalue weighted by Crippen LogP contribution is -2.43. The van der Waals surface area contributed by atoms with Gasteiger partial charge < -0.3 is 10.1 Å². The van der Waals surface area contributed by atoms with E-state index in [0.29, 0.717) is 19.4 Å².